The second-order valence-corrected chi connectivity index (χ2v) is 10.4. The predicted molar refractivity (Wildman–Crippen MR) is 161 cm³/mol. The highest BCUT2D eigenvalue weighted by Gasteiger charge is 2.38. The van der Waals surface area contributed by atoms with Gasteiger partial charge in [-0.25, -0.2) is 19.2 Å². The number of para-hydroxylation sites is 1. The molecule has 0 amide bonds. The summed E-state index contributed by atoms with van der Waals surface area (Å²) in [6, 6.07) is 32.2. The van der Waals surface area contributed by atoms with E-state index in [1.807, 2.05) is 84.4 Å². The van der Waals surface area contributed by atoms with Crippen molar-refractivity contribution < 1.29 is 14.2 Å². The lowest BCUT2D eigenvalue weighted by atomic mass is 9.84. The third-order valence-electron chi connectivity index (χ3n) is 7.82. The molecular weight excluding hydrogens is 540 g/mol. The van der Waals surface area contributed by atoms with Crippen LogP contribution in [0.25, 0.3) is 22.1 Å². The molecule has 3 aromatic heterocycles. The molecule has 43 heavy (non-hydrogen) atoms. The molecule has 0 bridgehead atoms. The Morgan fingerprint density at radius 1 is 0.837 bits per heavy atom. The molecule has 1 aliphatic heterocycles. The smallest absolute Gasteiger partial charge is 0.230 e. The van der Waals surface area contributed by atoms with Crippen LogP contribution < -0.4 is 14.2 Å². The van der Waals surface area contributed by atoms with Crippen molar-refractivity contribution in [1.29, 1.82) is 0 Å². The quantitative estimate of drug-likeness (QED) is 0.223. The summed E-state index contributed by atoms with van der Waals surface area (Å²) in [6.07, 6.45) is 1.63. The highest BCUT2D eigenvalue weighted by molar-refractivity contribution is 5.88. The highest BCUT2D eigenvalue weighted by Crippen LogP contribution is 2.49. The minimum Gasteiger partial charge on any atom is -0.497 e. The third-order valence-corrected chi connectivity index (χ3v) is 7.82. The van der Waals surface area contributed by atoms with E-state index in [4.69, 9.17) is 34.4 Å². The van der Waals surface area contributed by atoms with Gasteiger partial charge in [0.1, 0.15) is 24.4 Å². The van der Waals surface area contributed by atoms with Gasteiger partial charge in [-0.1, -0.05) is 66.7 Å². The van der Waals surface area contributed by atoms with Crippen molar-refractivity contribution in [1.82, 2.24) is 29.4 Å². The molecule has 0 saturated carbocycles. The fraction of sp³-hybridized carbons (Fsp3) is 0.118. The summed E-state index contributed by atoms with van der Waals surface area (Å²) in [4.78, 5) is 9.66. The maximum Gasteiger partial charge on any atom is 0.230 e. The van der Waals surface area contributed by atoms with Crippen molar-refractivity contribution in [3.63, 3.8) is 0 Å². The minimum absolute atomic E-state index is 0.203. The maximum absolute atomic E-state index is 6.53. The molecule has 4 aromatic carbocycles. The van der Waals surface area contributed by atoms with Gasteiger partial charge in [-0.2, -0.15) is 5.10 Å². The SMILES string of the molecule is COc1ccc([C@@H]2c3c(C)nn(-c4ccccc4)c3Oc3ncn4nc(COc5cccc6ccccc56)nc4c32)cc1. The van der Waals surface area contributed by atoms with Crippen LogP contribution in [0, 0.1) is 6.92 Å². The van der Waals surface area contributed by atoms with Crippen molar-refractivity contribution in [3.05, 3.63) is 132 Å². The number of fused-ring (bicyclic) bond motifs is 5. The van der Waals surface area contributed by atoms with Gasteiger partial charge in [0.05, 0.1) is 35.5 Å². The summed E-state index contributed by atoms with van der Waals surface area (Å²) < 4.78 is 21.7. The Labute approximate surface area is 246 Å². The number of rotatable bonds is 6. The molecule has 1 atom stereocenters. The van der Waals surface area contributed by atoms with Gasteiger partial charge in [-0.3, -0.25) is 0 Å². The Morgan fingerprint density at radius 3 is 2.47 bits per heavy atom. The molecular formula is C34H26N6O3. The number of benzene rings is 4. The highest BCUT2D eigenvalue weighted by atomic mass is 16.5. The Kier molecular flexibility index (Phi) is 5.82. The normalized spacial score (nSPS) is 13.9. The summed E-state index contributed by atoms with van der Waals surface area (Å²) in [6.45, 7) is 2.21. The summed E-state index contributed by atoms with van der Waals surface area (Å²) in [7, 11) is 1.66. The molecule has 0 spiro atoms. The molecule has 210 valence electrons. The van der Waals surface area contributed by atoms with E-state index in [-0.39, 0.29) is 12.5 Å². The summed E-state index contributed by atoms with van der Waals surface area (Å²) in [5.74, 6) is 2.94. The van der Waals surface area contributed by atoms with Gasteiger partial charge in [-0.05, 0) is 48.2 Å². The Hall–Kier alpha value is -5.70. The third kappa shape index (κ3) is 4.16. The predicted octanol–water partition coefficient (Wildman–Crippen LogP) is 6.65. The maximum atomic E-state index is 6.53. The number of methoxy groups -OCH3 is 1. The second-order valence-electron chi connectivity index (χ2n) is 10.4. The van der Waals surface area contributed by atoms with E-state index in [0.717, 1.165) is 50.3 Å². The number of nitrogens with zero attached hydrogens (tertiary/aromatic N) is 6. The van der Waals surface area contributed by atoms with Gasteiger partial charge in [-0.15, -0.1) is 5.10 Å². The number of hydrogen-bond donors (Lipinski definition) is 0. The van der Waals surface area contributed by atoms with Gasteiger partial charge in [0.15, 0.2) is 11.5 Å². The van der Waals surface area contributed by atoms with E-state index < -0.39 is 0 Å². The summed E-state index contributed by atoms with van der Waals surface area (Å²) in [5.41, 5.74) is 5.22. The molecule has 9 nitrogen and oxygen atoms in total. The van der Waals surface area contributed by atoms with Gasteiger partial charge in [0.25, 0.3) is 0 Å². The van der Waals surface area contributed by atoms with Crippen LogP contribution in [0.5, 0.6) is 23.3 Å². The fourth-order valence-corrected chi connectivity index (χ4v) is 5.82. The first kappa shape index (κ1) is 25.0. The van der Waals surface area contributed by atoms with E-state index in [9.17, 15) is 0 Å². The van der Waals surface area contributed by atoms with Crippen molar-refractivity contribution >= 4 is 16.4 Å². The Bertz CT molecular complexity index is 2110. The molecule has 0 unspecified atom stereocenters. The van der Waals surface area contributed by atoms with Crippen molar-refractivity contribution in [2.75, 3.05) is 7.11 Å². The average Bonchev–Trinajstić information content (AvgIpc) is 3.63. The zero-order valence-electron chi connectivity index (χ0n) is 23.5. The number of aromatic nitrogens is 6. The van der Waals surface area contributed by atoms with Crippen LogP contribution >= 0.6 is 0 Å². The topological polar surface area (TPSA) is 88.6 Å². The van der Waals surface area contributed by atoms with Crippen LogP contribution in [0.1, 0.15) is 34.1 Å². The first-order valence-electron chi connectivity index (χ1n) is 14.0. The first-order chi connectivity index (χ1) is 21.2. The standard InChI is InChI=1S/C34H26N6O3/c1-21-29-30(23-15-17-25(41-2)18-16-23)31-32-36-28(19-42-27-14-8-10-22-9-6-7-13-26(22)27)38-39(32)20-35-33(31)43-34(29)40(37-21)24-11-4-3-5-12-24/h3-18,20,30H,19H2,1-2H3/t30-/m1/s1. The van der Waals surface area contributed by atoms with Gasteiger partial charge in [0, 0.05) is 5.39 Å². The van der Waals surface area contributed by atoms with Crippen molar-refractivity contribution in [2.45, 2.75) is 19.4 Å². The molecule has 9 heteroatoms. The average molecular weight is 567 g/mol. The monoisotopic (exact) mass is 566 g/mol. The molecule has 0 N–H and O–H groups in total. The van der Waals surface area contributed by atoms with Crippen LogP contribution in [-0.4, -0.2) is 36.5 Å². The van der Waals surface area contributed by atoms with Gasteiger partial charge >= 0.3 is 0 Å². The Morgan fingerprint density at radius 2 is 1.63 bits per heavy atom. The molecule has 0 aliphatic carbocycles. The van der Waals surface area contributed by atoms with Gasteiger partial charge in [0.2, 0.25) is 11.8 Å². The van der Waals surface area contributed by atoms with Crippen LogP contribution in [0.2, 0.25) is 0 Å². The molecule has 7 aromatic rings. The van der Waals surface area contributed by atoms with E-state index in [1.54, 1.807) is 18.0 Å². The molecule has 0 saturated heterocycles. The number of ether oxygens (including phenoxy) is 3. The van der Waals surface area contributed by atoms with Crippen molar-refractivity contribution in [3.8, 4) is 28.9 Å². The zero-order chi connectivity index (χ0) is 28.9. The zero-order valence-corrected chi connectivity index (χ0v) is 23.5. The van der Waals surface area contributed by atoms with Crippen LogP contribution in [0.3, 0.4) is 0 Å². The summed E-state index contributed by atoms with van der Waals surface area (Å²) in [5, 5.41) is 11.8. The minimum atomic E-state index is -0.255. The number of hydrogen-bond acceptors (Lipinski definition) is 7. The summed E-state index contributed by atoms with van der Waals surface area (Å²) >= 11 is 0. The van der Waals surface area contributed by atoms with Crippen LogP contribution in [0.4, 0.5) is 0 Å². The largest absolute Gasteiger partial charge is 0.497 e. The first-order valence-corrected chi connectivity index (χ1v) is 14.0. The second kappa shape index (κ2) is 9.99. The lowest BCUT2D eigenvalue weighted by molar-refractivity contribution is 0.299. The lowest BCUT2D eigenvalue weighted by Gasteiger charge is -2.26. The van der Waals surface area contributed by atoms with Crippen LogP contribution in [-0.2, 0) is 6.61 Å². The van der Waals surface area contributed by atoms with E-state index in [2.05, 4.69) is 24.3 Å². The number of aryl methyl sites for hydroxylation is 1. The van der Waals surface area contributed by atoms with E-state index in [0.29, 0.717) is 23.2 Å². The molecule has 0 fully saturated rings. The van der Waals surface area contributed by atoms with Crippen LogP contribution in [0.15, 0.2) is 103 Å². The Balaban J connectivity index is 1.25. The van der Waals surface area contributed by atoms with Crippen molar-refractivity contribution in [2.24, 2.45) is 0 Å². The molecule has 8 rings (SSSR count). The molecule has 1 aliphatic rings. The molecule has 0 radical (unpaired) electrons. The lowest BCUT2D eigenvalue weighted by Crippen LogP contribution is -2.16. The van der Waals surface area contributed by atoms with E-state index in [1.165, 1.54) is 0 Å². The van der Waals surface area contributed by atoms with E-state index >= 15 is 0 Å². The molecule has 4 heterocycles. The van der Waals surface area contributed by atoms with Gasteiger partial charge < -0.3 is 14.2 Å². The fourth-order valence-electron chi connectivity index (χ4n) is 5.82.